The highest BCUT2D eigenvalue weighted by molar-refractivity contribution is 5.83. The number of aromatic nitrogens is 2. The summed E-state index contributed by atoms with van der Waals surface area (Å²) in [5, 5.41) is 4.58. The van der Waals surface area contributed by atoms with Gasteiger partial charge in [-0.25, -0.2) is 4.79 Å². The van der Waals surface area contributed by atoms with Crippen LogP contribution in [0.15, 0.2) is 30.5 Å². The number of amides is 1. The minimum absolute atomic E-state index is 0.0577. The lowest BCUT2D eigenvalue weighted by molar-refractivity contribution is -0.117. The maximum Gasteiger partial charge on any atom is 0.410 e. The smallest absolute Gasteiger partial charge is 0.410 e. The third-order valence-corrected chi connectivity index (χ3v) is 5.04. The zero-order valence-electron chi connectivity index (χ0n) is 18.9. The Morgan fingerprint density at radius 1 is 1.10 bits per heavy atom. The molecule has 0 radical (unpaired) electrons. The van der Waals surface area contributed by atoms with Crippen LogP contribution in [0.25, 0.3) is 0 Å². The molecule has 1 amide bonds. The van der Waals surface area contributed by atoms with E-state index in [1.807, 2.05) is 49.8 Å². The molecule has 1 aromatic heterocycles. The Hall–Kier alpha value is -3.03. The van der Waals surface area contributed by atoms with Crippen LogP contribution in [0.2, 0.25) is 0 Å². The van der Waals surface area contributed by atoms with Crippen molar-refractivity contribution in [2.45, 2.75) is 51.7 Å². The van der Waals surface area contributed by atoms with Crippen molar-refractivity contribution in [1.82, 2.24) is 14.7 Å². The first kappa shape index (κ1) is 22.7. The van der Waals surface area contributed by atoms with Gasteiger partial charge in [-0.1, -0.05) is 0 Å². The van der Waals surface area contributed by atoms with Crippen molar-refractivity contribution in [2.75, 3.05) is 27.3 Å². The van der Waals surface area contributed by atoms with Crippen molar-refractivity contribution >= 4 is 11.9 Å². The number of hydrogen-bond acceptors (Lipinski definition) is 6. The minimum Gasteiger partial charge on any atom is -0.497 e. The molecule has 0 unspecified atom stereocenters. The molecule has 1 atom stereocenters. The molecule has 0 saturated carbocycles. The van der Waals surface area contributed by atoms with Gasteiger partial charge in [-0.15, -0.1) is 0 Å². The van der Waals surface area contributed by atoms with E-state index in [-0.39, 0.29) is 30.8 Å². The quantitative estimate of drug-likeness (QED) is 0.671. The average molecular weight is 430 g/mol. The highest BCUT2D eigenvalue weighted by Crippen LogP contribution is 2.24. The van der Waals surface area contributed by atoms with Gasteiger partial charge in [-0.2, -0.15) is 5.10 Å². The number of nitrogens with zero attached hydrogens (tertiary/aromatic N) is 3. The van der Waals surface area contributed by atoms with Crippen molar-refractivity contribution in [3.8, 4) is 11.5 Å². The number of Topliss-reactive ketones (excluding diaryl/α,β-unsaturated/α-hetero) is 1. The largest absolute Gasteiger partial charge is 0.497 e. The predicted molar refractivity (Wildman–Crippen MR) is 116 cm³/mol. The Bertz CT molecular complexity index is 909. The van der Waals surface area contributed by atoms with E-state index >= 15 is 0 Å². The fourth-order valence-electron chi connectivity index (χ4n) is 3.59. The maximum atomic E-state index is 12.6. The van der Waals surface area contributed by atoms with E-state index in [1.165, 1.54) is 0 Å². The van der Waals surface area contributed by atoms with E-state index in [9.17, 15) is 9.59 Å². The first-order valence-corrected chi connectivity index (χ1v) is 10.4. The third-order valence-electron chi connectivity index (χ3n) is 5.04. The van der Waals surface area contributed by atoms with Crippen LogP contribution in [0.4, 0.5) is 4.79 Å². The van der Waals surface area contributed by atoms with Gasteiger partial charge in [0.2, 0.25) is 0 Å². The zero-order chi connectivity index (χ0) is 22.6. The van der Waals surface area contributed by atoms with Gasteiger partial charge < -0.3 is 19.1 Å². The second kappa shape index (κ2) is 9.41. The molecular weight excluding hydrogens is 398 g/mol. The normalized spacial score (nSPS) is 16.3. The molecule has 1 aliphatic rings. The highest BCUT2D eigenvalue weighted by atomic mass is 16.6. The molecule has 31 heavy (non-hydrogen) atoms. The number of hydrogen-bond donors (Lipinski definition) is 0. The summed E-state index contributed by atoms with van der Waals surface area (Å²) in [6, 6.07) is 7.39. The second-order valence-electron chi connectivity index (χ2n) is 8.77. The van der Waals surface area contributed by atoms with Gasteiger partial charge in [-0.3, -0.25) is 9.48 Å². The Labute approximate surface area is 183 Å². The third kappa shape index (κ3) is 6.23. The highest BCUT2D eigenvalue weighted by Gasteiger charge is 2.31. The first-order chi connectivity index (χ1) is 14.7. The van der Waals surface area contributed by atoms with Gasteiger partial charge in [-0.05, 0) is 51.0 Å². The van der Waals surface area contributed by atoms with Crippen LogP contribution in [-0.2, 0) is 22.4 Å². The lowest BCUT2D eigenvalue weighted by Crippen LogP contribution is -2.35. The number of carbonyl (C=O) groups excluding carboxylic acids is 2. The molecule has 0 bridgehead atoms. The fourth-order valence-corrected chi connectivity index (χ4v) is 3.59. The van der Waals surface area contributed by atoms with Crippen molar-refractivity contribution in [2.24, 2.45) is 0 Å². The molecular formula is C23H31N3O5. The summed E-state index contributed by atoms with van der Waals surface area (Å²) in [4.78, 5) is 26.6. The molecule has 1 saturated heterocycles. The van der Waals surface area contributed by atoms with Crippen LogP contribution >= 0.6 is 0 Å². The standard InChI is InChI=1S/C23H31N3O5/c1-23(2,3)31-22(28)25-8-7-18(15-25)26-9-6-17(24-26)13-19(27)10-16-11-20(29-4)14-21(12-16)30-5/h6,9,11-12,14,18H,7-8,10,13,15H2,1-5H3/t18-/m0/s1. The molecule has 1 fully saturated rings. The summed E-state index contributed by atoms with van der Waals surface area (Å²) in [6.45, 7) is 6.75. The SMILES string of the molecule is COc1cc(CC(=O)Cc2ccn([C@H]3CCN(C(=O)OC(C)(C)C)C3)n2)cc(OC)c1. The summed E-state index contributed by atoms with van der Waals surface area (Å²) >= 11 is 0. The van der Waals surface area contributed by atoms with Crippen LogP contribution in [0.1, 0.15) is 44.5 Å². The molecule has 8 nitrogen and oxygen atoms in total. The number of ether oxygens (including phenoxy) is 3. The summed E-state index contributed by atoms with van der Waals surface area (Å²) in [6.07, 6.45) is 2.90. The number of benzene rings is 1. The molecule has 0 aliphatic carbocycles. The van der Waals surface area contributed by atoms with Crippen molar-refractivity contribution in [1.29, 1.82) is 0 Å². The van der Waals surface area contributed by atoms with E-state index in [2.05, 4.69) is 5.10 Å². The minimum atomic E-state index is -0.513. The monoisotopic (exact) mass is 429 g/mol. The lowest BCUT2D eigenvalue weighted by atomic mass is 10.1. The first-order valence-electron chi connectivity index (χ1n) is 10.4. The number of ketones is 1. The van der Waals surface area contributed by atoms with Gasteiger partial charge in [0, 0.05) is 31.8 Å². The van der Waals surface area contributed by atoms with E-state index in [0.717, 1.165) is 17.7 Å². The van der Waals surface area contributed by atoms with Crippen LogP contribution in [-0.4, -0.2) is 59.5 Å². The Balaban J connectivity index is 1.57. The second-order valence-corrected chi connectivity index (χ2v) is 8.77. The Kier molecular flexibility index (Phi) is 6.87. The predicted octanol–water partition coefficient (Wildman–Crippen LogP) is 3.44. The topological polar surface area (TPSA) is 82.9 Å². The molecule has 1 aromatic carbocycles. The van der Waals surface area contributed by atoms with E-state index in [1.54, 1.807) is 25.2 Å². The van der Waals surface area contributed by atoms with Gasteiger partial charge in [0.25, 0.3) is 0 Å². The molecule has 2 heterocycles. The van der Waals surface area contributed by atoms with E-state index in [4.69, 9.17) is 14.2 Å². The van der Waals surface area contributed by atoms with E-state index < -0.39 is 5.60 Å². The van der Waals surface area contributed by atoms with Crippen LogP contribution in [0.3, 0.4) is 0 Å². The fraction of sp³-hybridized carbons (Fsp3) is 0.522. The van der Waals surface area contributed by atoms with Crippen LogP contribution in [0.5, 0.6) is 11.5 Å². The lowest BCUT2D eigenvalue weighted by Gasteiger charge is -2.24. The number of carbonyl (C=O) groups is 2. The zero-order valence-corrected chi connectivity index (χ0v) is 18.9. The maximum absolute atomic E-state index is 12.6. The van der Waals surface area contributed by atoms with Crippen LogP contribution in [0, 0.1) is 0 Å². The number of rotatable bonds is 7. The number of likely N-dealkylation sites (tertiary alicyclic amines) is 1. The molecule has 3 rings (SSSR count). The van der Waals surface area contributed by atoms with Gasteiger partial charge >= 0.3 is 6.09 Å². The van der Waals surface area contributed by atoms with Gasteiger partial charge in [0.1, 0.15) is 22.9 Å². The van der Waals surface area contributed by atoms with Crippen molar-refractivity contribution < 1.29 is 23.8 Å². The van der Waals surface area contributed by atoms with Gasteiger partial charge in [0.05, 0.1) is 32.4 Å². The molecule has 0 spiro atoms. The van der Waals surface area contributed by atoms with Gasteiger partial charge in [0.15, 0.2) is 0 Å². The van der Waals surface area contributed by atoms with Crippen molar-refractivity contribution in [3.63, 3.8) is 0 Å². The Morgan fingerprint density at radius 2 is 1.77 bits per heavy atom. The van der Waals surface area contributed by atoms with Crippen LogP contribution < -0.4 is 9.47 Å². The average Bonchev–Trinajstić information content (AvgIpc) is 3.35. The van der Waals surface area contributed by atoms with E-state index in [0.29, 0.717) is 24.6 Å². The molecule has 168 valence electrons. The summed E-state index contributed by atoms with van der Waals surface area (Å²) in [7, 11) is 3.17. The summed E-state index contributed by atoms with van der Waals surface area (Å²) < 4.78 is 17.8. The molecule has 0 N–H and O–H groups in total. The summed E-state index contributed by atoms with van der Waals surface area (Å²) in [5.74, 6) is 1.37. The summed E-state index contributed by atoms with van der Waals surface area (Å²) in [5.41, 5.74) is 1.04. The molecule has 2 aromatic rings. The Morgan fingerprint density at radius 3 is 2.39 bits per heavy atom. The van der Waals surface area contributed by atoms with Crippen molar-refractivity contribution in [3.05, 3.63) is 41.7 Å². The number of methoxy groups -OCH3 is 2. The molecule has 1 aliphatic heterocycles. The molecule has 8 heteroatoms.